The molecule has 0 fully saturated rings. The molecule has 0 amide bonds. The van der Waals surface area contributed by atoms with Crippen LogP contribution in [0.4, 0.5) is 0 Å². The Morgan fingerprint density at radius 3 is 2.62 bits per heavy atom. The van der Waals surface area contributed by atoms with E-state index in [2.05, 4.69) is 41.3 Å². The Kier molecular flexibility index (Phi) is 5.08. The first-order valence-electron chi connectivity index (χ1n) is 4.22. The summed E-state index contributed by atoms with van der Waals surface area (Å²) < 4.78 is 6.57. The van der Waals surface area contributed by atoms with Crippen LogP contribution in [0.2, 0.25) is 0 Å². The molecule has 1 aromatic carbocycles. The molecule has 1 unspecified atom stereocenters. The summed E-state index contributed by atoms with van der Waals surface area (Å²) in [5.74, 6) is 0. The molecule has 13 heavy (non-hydrogen) atoms. The van der Waals surface area contributed by atoms with Crippen molar-refractivity contribution in [1.82, 2.24) is 0 Å². The van der Waals surface area contributed by atoms with Crippen LogP contribution in [-0.2, 0) is 4.74 Å². The molecule has 0 aliphatic rings. The van der Waals surface area contributed by atoms with Crippen LogP contribution in [0.25, 0.3) is 0 Å². The van der Waals surface area contributed by atoms with E-state index in [0.29, 0.717) is 6.61 Å². The molecule has 1 aromatic rings. The van der Waals surface area contributed by atoms with Crippen LogP contribution in [0.3, 0.4) is 0 Å². The smallest absolute Gasteiger partial charge is 0.0918 e. The largest absolute Gasteiger partial charge is 0.369 e. The number of rotatable bonds is 5. The molecule has 0 aromatic heterocycles. The van der Waals surface area contributed by atoms with E-state index in [4.69, 9.17) is 4.74 Å². The maximum absolute atomic E-state index is 5.60. The molecule has 0 heterocycles. The first-order chi connectivity index (χ1) is 6.38. The Balaban J connectivity index is 2.61. The van der Waals surface area contributed by atoms with Crippen LogP contribution in [0.15, 0.2) is 43.0 Å². The predicted molar refractivity (Wildman–Crippen MR) is 64.2 cm³/mol. The fraction of sp³-hybridized carbons (Fsp3) is 0.273. The molecule has 0 spiro atoms. The third-order valence-electron chi connectivity index (χ3n) is 1.73. The normalized spacial score (nSPS) is 12.4. The summed E-state index contributed by atoms with van der Waals surface area (Å²) in [6.07, 6.45) is 1.97. The van der Waals surface area contributed by atoms with Gasteiger partial charge in [-0.1, -0.05) is 59.0 Å². The zero-order chi connectivity index (χ0) is 9.52. The van der Waals surface area contributed by atoms with E-state index in [-0.39, 0.29) is 6.10 Å². The van der Waals surface area contributed by atoms with Gasteiger partial charge in [-0.2, -0.15) is 0 Å². The number of halogens is 1. The highest BCUT2D eigenvalue weighted by atomic mass is 127. The van der Waals surface area contributed by atoms with Gasteiger partial charge >= 0.3 is 0 Å². The van der Waals surface area contributed by atoms with Crippen LogP contribution < -0.4 is 0 Å². The number of hydrogen-bond acceptors (Lipinski definition) is 1. The van der Waals surface area contributed by atoms with Crippen molar-refractivity contribution in [1.29, 1.82) is 0 Å². The highest BCUT2D eigenvalue weighted by Gasteiger charge is 2.07. The standard InChI is InChI=1S/C11H13IO/c1-2-8-13-11(9-12)10-6-4-3-5-7-10/h2-7,11H,1,8-9H2. The van der Waals surface area contributed by atoms with Crippen LogP contribution in [0.5, 0.6) is 0 Å². The summed E-state index contributed by atoms with van der Waals surface area (Å²) in [6, 6.07) is 10.3. The molecule has 1 rings (SSSR count). The van der Waals surface area contributed by atoms with Crippen molar-refractivity contribution in [2.75, 3.05) is 11.0 Å². The van der Waals surface area contributed by atoms with E-state index in [9.17, 15) is 0 Å². The van der Waals surface area contributed by atoms with Gasteiger partial charge in [0.05, 0.1) is 12.7 Å². The van der Waals surface area contributed by atoms with Crippen molar-refractivity contribution in [2.45, 2.75) is 6.10 Å². The SMILES string of the molecule is C=CCOC(CI)c1ccccc1. The quantitative estimate of drug-likeness (QED) is 0.458. The Morgan fingerprint density at radius 1 is 1.38 bits per heavy atom. The monoisotopic (exact) mass is 288 g/mol. The number of hydrogen-bond donors (Lipinski definition) is 0. The average Bonchev–Trinajstić information content (AvgIpc) is 2.21. The van der Waals surface area contributed by atoms with Crippen LogP contribution >= 0.6 is 22.6 Å². The van der Waals surface area contributed by atoms with E-state index in [1.807, 2.05) is 18.2 Å². The van der Waals surface area contributed by atoms with Gasteiger partial charge in [-0.25, -0.2) is 0 Å². The maximum atomic E-state index is 5.60. The molecule has 0 saturated carbocycles. The fourth-order valence-electron chi connectivity index (χ4n) is 1.08. The second-order valence-electron chi connectivity index (χ2n) is 2.68. The molecule has 1 atom stereocenters. The molecular weight excluding hydrogens is 275 g/mol. The molecule has 70 valence electrons. The van der Waals surface area contributed by atoms with Crippen molar-refractivity contribution in [3.8, 4) is 0 Å². The van der Waals surface area contributed by atoms with Crippen molar-refractivity contribution in [3.63, 3.8) is 0 Å². The Labute approximate surface area is 92.9 Å². The molecule has 0 saturated heterocycles. The third-order valence-corrected chi connectivity index (χ3v) is 2.53. The van der Waals surface area contributed by atoms with Gasteiger partial charge in [0.1, 0.15) is 0 Å². The predicted octanol–water partition coefficient (Wildman–Crippen LogP) is 3.37. The van der Waals surface area contributed by atoms with Gasteiger partial charge in [-0.15, -0.1) is 6.58 Å². The van der Waals surface area contributed by atoms with Crippen LogP contribution in [0, 0.1) is 0 Å². The molecule has 0 radical (unpaired) electrons. The first kappa shape index (κ1) is 10.7. The van der Waals surface area contributed by atoms with Crippen molar-refractivity contribution >= 4 is 22.6 Å². The topological polar surface area (TPSA) is 9.23 Å². The lowest BCUT2D eigenvalue weighted by atomic mass is 10.1. The van der Waals surface area contributed by atoms with Crippen LogP contribution in [0.1, 0.15) is 11.7 Å². The molecule has 0 N–H and O–H groups in total. The van der Waals surface area contributed by atoms with Crippen molar-refractivity contribution in [3.05, 3.63) is 48.6 Å². The first-order valence-corrected chi connectivity index (χ1v) is 5.74. The van der Waals surface area contributed by atoms with Gasteiger partial charge < -0.3 is 4.74 Å². The minimum Gasteiger partial charge on any atom is -0.369 e. The highest BCUT2D eigenvalue weighted by Crippen LogP contribution is 2.19. The molecular formula is C11H13IO. The van der Waals surface area contributed by atoms with E-state index in [0.717, 1.165) is 4.43 Å². The van der Waals surface area contributed by atoms with E-state index in [1.165, 1.54) is 5.56 Å². The Bertz CT molecular complexity index is 246. The Morgan fingerprint density at radius 2 is 2.08 bits per heavy atom. The molecule has 1 nitrogen and oxygen atoms in total. The summed E-state index contributed by atoms with van der Waals surface area (Å²) in [7, 11) is 0. The molecule has 0 aliphatic carbocycles. The van der Waals surface area contributed by atoms with Crippen LogP contribution in [-0.4, -0.2) is 11.0 Å². The summed E-state index contributed by atoms with van der Waals surface area (Å²) in [5, 5.41) is 0. The van der Waals surface area contributed by atoms with E-state index >= 15 is 0 Å². The summed E-state index contributed by atoms with van der Waals surface area (Å²) in [4.78, 5) is 0. The van der Waals surface area contributed by atoms with Gasteiger partial charge in [0, 0.05) is 4.43 Å². The zero-order valence-electron chi connectivity index (χ0n) is 7.45. The number of alkyl halides is 1. The van der Waals surface area contributed by atoms with E-state index < -0.39 is 0 Å². The van der Waals surface area contributed by atoms with Crippen molar-refractivity contribution < 1.29 is 4.74 Å². The van der Waals surface area contributed by atoms with Crippen molar-refractivity contribution in [2.24, 2.45) is 0 Å². The second-order valence-corrected chi connectivity index (χ2v) is 3.56. The number of benzene rings is 1. The van der Waals surface area contributed by atoms with Gasteiger partial charge in [0.25, 0.3) is 0 Å². The summed E-state index contributed by atoms with van der Waals surface area (Å²) in [5.41, 5.74) is 1.23. The van der Waals surface area contributed by atoms with Gasteiger partial charge in [0.2, 0.25) is 0 Å². The summed E-state index contributed by atoms with van der Waals surface area (Å²) >= 11 is 2.33. The van der Waals surface area contributed by atoms with Gasteiger partial charge in [0.15, 0.2) is 0 Å². The average molecular weight is 288 g/mol. The maximum Gasteiger partial charge on any atom is 0.0918 e. The lowest BCUT2D eigenvalue weighted by Gasteiger charge is -2.14. The lowest BCUT2D eigenvalue weighted by Crippen LogP contribution is -2.05. The Hall–Kier alpha value is -0.350. The third kappa shape index (κ3) is 3.48. The lowest BCUT2D eigenvalue weighted by molar-refractivity contribution is 0.0945. The minimum absolute atomic E-state index is 0.194. The second kappa shape index (κ2) is 6.16. The van der Waals surface area contributed by atoms with E-state index in [1.54, 1.807) is 6.08 Å². The minimum atomic E-state index is 0.194. The highest BCUT2D eigenvalue weighted by molar-refractivity contribution is 14.1. The van der Waals surface area contributed by atoms with Gasteiger partial charge in [-0.05, 0) is 5.56 Å². The fourth-order valence-corrected chi connectivity index (χ4v) is 1.84. The molecule has 2 heteroatoms. The number of ether oxygens (including phenoxy) is 1. The summed E-state index contributed by atoms with van der Waals surface area (Å²) in [6.45, 7) is 4.25. The molecule has 0 bridgehead atoms. The molecule has 0 aliphatic heterocycles. The van der Waals surface area contributed by atoms with Gasteiger partial charge in [-0.3, -0.25) is 0 Å². The zero-order valence-corrected chi connectivity index (χ0v) is 9.61.